The molecule has 1 aromatic carbocycles. The molecule has 2 atom stereocenters. The second-order valence-corrected chi connectivity index (χ2v) is 6.60. The van der Waals surface area contributed by atoms with Crippen molar-refractivity contribution < 1.29 is 9.47 Å². The molecule has 0 bridgehead atoms. The summed E-state index contributed by atoms with van der Waals surface area (Å²) in [5, 5.41) is 0. The Morgan fingerprint density at radius 2 is 2.04 bits per heavy atom. The molecule has 0 radical (unpaired) electrons. The summed E-state index contributed by atoms with van der Waals surface area (Å²) in [7, 11) is 0. The molecule has 23 heavy (non-hydrogen) atoms. The number of benzene rings is 1. The molecule has 2 aromatic rings. The third-order valence-corrected chi connectivity index (χ3v) is 4.43. The minimum absolute atomic E-state index is 0.192. The smallest absolute Gasteiger partial charge is 0.187 e. The van der Waals surface area contributed by atoms with Gasteiger partial charge in [0.05, 0.1) is 25.6 Å². The van der Waals surface area contributed by atoms with Crippen LogP contribution in [0, 0.1) is 13.8 Å². The van der Waals surface area contributed by atoms with Crippen molar-refractivity contribution in [2.45, 2.75) is 58.5 Å². The van der Waals surface area contributed by atoms with Crippen molar-refractivity contribution in [3.8, 4) is 0 Å². The molecule has 1 aliphatic rings. The molecule has 1 fully saturated rings. The van der Waals surface area contributed by atoms with Gasteiger partial charge >= 0.3 is 0 Å². The molecule has 0 amide bonds. The van der Waals surface area contributed by atoms with E-state index in [-0.39, 0.29) is 6.10 Å². The first-order chi connectivity index (χ1) is 11.1. The Balaban J connectivity index is 1.73. The van der Waals surface area contributed by atoms with Crippen LogP contribution in [0.3, 0.4) is 0 Å². The zero-order valence-corrected chi connectivity index (χ0v) is 14.3. The molecule has 4 nitrogen and oxygen atoms in total. The quantitative estimate of drug-likeness (QED) is 0.816. The summed E-state index contributed by atoms with van der Waals surface area (Å²) in [6, 6.07) is 6.72. The zero-order chi connectivity index (χ0) is 16.3. The Labute approximate surface area is 138 Å². The van der Waals surface area contributed by atoms with Gasteiger partial charge in [-0.1, -0.05) is 36.2 Å². The first kappa shape index (κ1) is 16.2. The fourth-order valence-electron chi connectivity index (χ4n) is 3.32. The van der Waals surface area contributed by atoms with E-state index < -0.39 is 5.79 Å². The van der Waals surface area contributed by atoms with Crippen LogP contribution < -0.4 is 0 Å². The molecule has 0 aliphatic carbocycles. The van der Waals surface area contributed by atoms with Crippen LogP contribution in [-0.2, 0) is 22.4 Å². The average molecular weight is 314 g/mol. The van der Waals surface area contributed by atoms with E-state index in [1.54, 1.807) is 6.20 Å². The summed E-state index contributed by atoms with van der Waals surface area (Å²) >= 11 is 0. The van der Waals surface area contributed by atoms with Crippen molar-refractivity contribution in [1.29, 1.82) is 0 Å². The molecule has 124 valence electrons. The highest BCUT2D eigenvalue weighted by atomic mass is 16.7. The minimum Gasteiger partial charge on any atom is -0.345 e. The van der Waals surface area contributed by atoms with Crippen LogP contribution in [0.4, 0.5) is 0 Å². The molecule has 2 heterocycles. The van der Waals surface area contributed by atoms with Crippen molar-refractivity contribution in [3.63, 3.8) is 0 Å². The van der Waals surface area contributed by atoms with Crippen LogP contribution in [0.15, 0.2) is 36.9 Å². The first-order valence-corrected chi connectivity index (χ1v) is 8.43. The number of aromatic nitrogens is 2. The topological polar surface area (TPSA) is 36.3 Å². The molecule has 3 rings (SSSR count). The van der Waals surface area contributed by atoms with Crippen molar-refractivity contribution in [2.75, 3.05) is 6.61 Å². The molecular weight excluding hydrogens is 288 g/mol. The monoisotopic (exact) mass is 314 g/mol. The largest absolute Gasteiger partial charge is 0.345 e. The summed E-state index contributed by atoms with van der Waals surface area (Å²) in [6.07, 6.45) is 8.56. The number of rotatable bonds is 6. The highest BCUT2D eigenvalue weighted by Crippen LogP contribution is 2.32. The highest BCUT2D eigenvalue weighted by molar-refractivity contribution is 5.28. The van der Waals surface area contributed by atoms with E-state index in [9.17, 15) is 0 Å². The van der Waals surface area contributed by atoms with Gasteiger partial charge in [-0.25, -0.2) is 4.98 Å². The van der Waals surface area contributed by atoms with Gasteiger partial charge in [0, 0.05) is 18.8 Å². The first-order valence-electron chi connectivity index (χ1n) is 8.43. The predicted molar refractivity (Wildman–Crippen MR) is 90.3 cm³/mol. The normalized spacial score (nSPS) is 24.2. The number of aryl methyl sites for hydroxylation is 3. The van der Waals surface area contributed by atoms with E-state index in [4.69, 9.17) is 9.47 Å². The Morgan fingerprint density at radius 3 is 2.65 bits per heavy atom. The number of hydrogen-bond donors (Lipinski definition) is 0. The number of hydrogen-bond acceptors (Lipinski definition) is 3. The Hall–Kier alpha value is -1.65. The minimum atomic E-state index is -0.543. The fourth-order valence-corrected chi connectivity index (χ4v) is 3.32. The lowest BCUT2D eigenvalue weighted by Crippen LogP contribution is -2.36. The lowest BCUT2D eigenvalue weighted by molar-refractivity contribution is -0.182. The van der Waals surface area contributed by atoms with Crippen molar-refractivity contribution >= 4 is 0 Å². The van der Waals surface area contributed by atoms with Gasteiger partial charge in [0.1, 0.15) is 0 Å². The molecule has 0 spiro atoms. The zero-order valence-electron chi connectivity index (χ0n) is 14.3. The molecule has 0 N–H and O–H groups in total. The van der Waals surface area contributed by atoms with Crippen LogP contribution in [0.5, 0.6) is 0 Å². The molecule has 4 heteroatoms. The van der Waals surface area contributed by atoms with Gasteiger partial charge in [0.25, 0.3) is 0 Å². The van der Waals surface area contributed by atoms with Gasteiger partial charge in [0.2, 0.25) is 0 Å². The maximum absolute atomic E-state index is 6.28. The fraction of sp³-hybridized carbons (Fsp3) is 0.526. The number of imidazole rings is 1. The molecule has 0 saturated carbocycles. The SMILES string of the molecule is CCC1COC(CCc2cc(C)cc(C)c2)(Cn2ccnc2)O1. The summed E-state index contributed by atoms with van der Waals surface area (Å²) < 4.78 is 14.5. The molecule has 2 unspecified atom stereocenters. The Bertz CT molecular complexity index is 619. The Morgan fingerprint density at radius 1 is 1.26 bits per heavy atom. The van der Waals surface area contributed by atoms with Gasteiger partial charge < -0.3 is 14.0 Å². The van der Waals surface area contributed by atoms with Gasteiger partial charge in [0.15, 0.2) is 5.79 Å². The number of nitrogens with zero attached hydrogens (tertiary/aromatic N) is 2. The van der Waals surface area contributed by atoms with Crippen molar-refractivity contribution in [3.05, 3.63) is 53.6 Å². The van der Waals surface area contributed by atoms with E-state index in [1.165, 1.54) is 16.7 Å². The third-order valence-electron chi connectivity index (χ3n) is 4.43. The van der Waals surface area contributed by atoms with Crippen molar-refractivity contribution in [2.24, 2.45) is 0 Å². The van der Waals surface area contributed by atoms with Crippen LogP contribution in [0.1, 0.15) is 36.5 Å². The third kappa shape index (κ3) is 4.01. The molecule has 1 aromatic heterocycles. The van der Waals surface area contributed by atoms with E-state index in [1.807, 2.05) is 17.1 Å². The maximum atomic E-state index is 6.28. The standard InChI is InChI=1S/C19H26N2O2/c1-4-18-12-22-19(23-18,13-21-8-7-20-14-21)6-5-17-10-15(2)9-16(3)11-17/h7-11,14,18H,4-6,12-13H2,1-3H3. The summed E-state index contributed by atoms with van der Waals surface area (Å²) in [6.45, 7) is 7.80. The lowest BCUT2D eigenvalue weighted by atomic mass is 10.0. The van der Waals surface area contributed by atoms with Crippen LogP contribution in [0.25, 0.3) is 0 Å². The van der Waals surface area contributed by atoms with Gasteiger partial charge in [-0.05, 0) is 32.3 Å². The van der Waals surface area contributed by atoms with Gasteiger partial charge in [-0.15, -0.1) is 0 Å². The summed E-state index contributed by atoms with van der Waals surface area (Å²) in [5.74, 6) is -0.543. The van der Waals surface area contributed by atoms with Crippen molar-refractivity contribution in [1.82, 2.24) is 9.55 Å². The van der Waals surface area contributed by atoms with E-state index in [0.29, 0.717) is 13.2 Å². The number of ether oxygens (including phenoxy) is 2. The van der Waals surface area contributed by atoms with Crippen LogP contribution >= 0.6 is 0 Å². The van der Waals surface area contributed by atoms with E-state index in [0.717, 1.165) is 19.3 Å². The Kier molecular flexibility index (Phi) is 4.83. The molecular formula is C19H26N2O2. The highest BCUT2D eigenvalue weighted by Gasteiger charge is 2.40. The lowest BCUT2D eigenvalue weighted by Gasteiger charge is -2.28. The predicted octanol–water partition coefficient (Wildman–Crippen LogP) is 3.65. The van der Waals surface area contributed by atoms with Gasteiger partial charge in [-0.2, -0.15) is 0 Å². The van der Waals surface area contributed by atoms with E-state index >= 15 is 0 Å². The summed E-state index contributed by atoms with van der Waals surface area (Å²) in [4.78, 5) is 4.13. The average Bonchev–Trinajstić information content (AvgIpc) is 3.15. The van der Waals surface area contributed by atoms with Crippen LogP contribution in [0.2, 0.25) is 0 Å². The van der Waals surface area contributed by atoms with Crippen LogP contribution in [-0.4, -0.2) is 28.0 Å². The second-order valence-electron chi connectivity index (χ2n) is 6.60. The summed E-state index contributed by atoms with van der Waals surface area (Å²) in [5.41, 5.74) is 3.96. The van der Waals surface area contributed by atoms with E-state index in [2.05, 4.69) is 44.0 Å². The second kappa shape index (κ2) is 6.85. The maximum Gasteiger partial charge on any atom is 0.187 e. The van der Waals surface area contributed by atoms with Gasteiger partial charge in [-0.3, -0.25) is 0 Å². The molecule has 1 aliphatic heterocycles. The molecule has 1 saturated heterocycles.